The van der Waals surface area contributed by atoms with Crippen molar-refractivity contribution < 1.29 is 19.4 Å². The van der Waals surface area contributed by atoms with Gasteiger partial charge < -0.3 is 9.84 Å². The molecule has 1 aliphatic carbocycles. The molecule has 1 aromatic heterocycles. The molecule has 1 atom stereocenters. The summed E-state index contributed by atoms with van der Waals surface area (Å²) in [5, 5.41) is 9.72. The molecule has 1 N–H and O–H groups in total. The number of hydrogen-bond donors (Lipinski definition) is 1. The largest absolute Gasteiger partial charge is 0.481 e. The Morgan fingerprint density at radius 1 is 1.47 bits per heavy atom. The SMILES string of the molecule is CC(C)(C)OC(=O)Cc1nc2c(s1)CCC2C(=O)O. The fraction of sp³-hybridized carbons (Fsp3) is 0.615. The van der Waals surface area contributed by atoms with Crippen molar-refractivity contribution in [3.05, 3.63) is 15.6 Å². The molecule has 104 valence electrons. The zero-order valence-electron chi connectivity index (χ0n) is 11.2. The standard InChI is InChI=1S/C13H17NO4S/c1-13(2,3)18-10(15)6-9-14-11-7(12(16)17)4-5-8(11)19-9/h7H,4-6H2,1-3H3,(H,16,17). The number of carboxylic acid groups (broad SMARTS) is 1. The number of aryl methyl sites for hydroxylation is 1. The van der Waals surface area contributed by atoms with Gasteiger partial charge in [0, 0.05) is 4.88 Å². The van der Waals surface area contributed by atoms with E-state index in [0.29, 0.717) is 17.1 Å². The van der Waals surface area contributed by atoms with E-state index in [4.69, 9.17) is 9.84 Å². The molecular weight excluding hydrogens is 266 g/mol. The second-order valence-electron chi connectivity index (χ2n) is 5.61. The number of carbonyl (C=O) groups is 2. The molecular formula is C13H17NO4S. The lowest BCUT2D eigenvalue weighted by Crippen LogP contribution is -2.24. The molecule has 0 saturated carbocycles. The molecule has 1 aromatic rings. The van der Waals surface area contributed by atoms with E-state index in [0.717, 1.165) is 11.3 Å². The first-order chi connectivity index (χ1) is 8.76. The van der Waals surface area contributed by atoms with Crippen LogP contribution in [-0.4, -0.2) is 27.6 Å². The third-order valence-electron chi connectivity index (χ3n) is 2.78. The van der Waals surface area contributed by atoms with Crippen LogP contribution in [0.15, 0.2) is 0 Å². The highest BCUT2D eigenvalue weighted by Gasteiger charge is 2.32. The van der Waals surface area contributed by atoms with Gasteiger partial charge in [0.1, 0.15) is 16.5 Å². The minimum Gasteiger partial charge on any atom is -0.481 e. The zero-order chi connectivity index (χ0) is 14.2. The topological polar surface area (TPSA) is 76.5 Å². The van der Waals surface area contributed by atoms with Crippen molar-refractivity contribution in [2.45, 2.75) is 51.6 Å². The molecule has 0 saturated heterocycles. The first-order valence-electron chi connectivity index (χ1n) is 6.19. The molecule has 1 aliphatic rings. The Labute approximate surface area is 115 Å². The van der Waals surface area contributed by atoms with Crippen LogP contribution in [0, 0.1) is 0 Å². The van der Waals surface area contributed by atoms with E-state index in [-0.39, 0.29) is 12.4 Å². The number of nitrogens with zero attached hydrogens (tertiary/aromatic N) is 1. The van der Waals surface area contributed by atoms with Gasteiger partial charge >= 0.3 is 11.9 Å². The number of aromatic nitrogens is 1. The first-order valence-corrected chi connectivity index (χ1v) is 7.01. The number of aliphatic carboxylic acids is 1. The molecule has 0 amide bonds. The summed E-state index contributed by atoms with van der Waals surface area (Å²) in [7, 11) is 0. The van der Waals surface area contributed by atoms with Crippen LogP contribution in [-0.2, 0) is 27.2 Å². The Morgan fingerprint density at radius 2 is 2.16 bits per heavy atom. The Balaban J connectivity index is 2.07. The third-order valence-corrected chi connectivity index (χ3v) is 3.91. The number of ether oxygens (including phenoxy) is 1. The van der Waals surface area contributed by atoms with Crippen molar-refractivity contribution >= 4 is 23.3 Å². The molecule has 6 heteroatoms. The average Bonchev–Trinajstić information content (AvgIpc) is 2.71. The number of thiazole rings is 1. The van der Waals surface area contributed by atoms with Crippen LogP contribution < -0.4 is 0 Å². The van der Waals surface area contributed by atoms with Crippen LogP contribution >= 0.6 is 11.3 Å². The fourth-order valence-corrected chi connectivity index (χ4v) is 3.23. The molecule has 2 rings (SSSR count). The van der Waals surface area contributed by atoms with Crippen LogP contribution in [0.5, 0.6) is 0 Å². The average molecular weight is 283 g/mol. The summed E-state index contributed by atoms with van der Waals surface area (Å²) in [6, 6.07) is 0. The molecule has 1 unspecified atom stereocenters. The van der Waals surface area contributed by atoms with Crippen molar-refractivity contribution in [3.8, 4) is 0 Å². The fourth-order valence-electron chi connectivity index (χ4n) is 2.09. The van der Waals surface area contributed by atoms with Gasteiger partial charge in [-0.1, -0.05) is 0 Å². The van der Waals surface area contributed by atoms with Crippen molar-refractivity contribution in [2.24, 2.45) is 0 Å². The van der Waals surface area contributed by atoms with E-state index in [1.807, 2.05) is 20.8 Å². The van der Waals surface area contributed by atoms with Gasteiger partial charge in [-0.15, -0.1) is 11.3 Å². The minimum atomic E-state index is -0.840. The van der Waals surface area contributed by atoms with E-state index < -0.39 is 17.5 Å². The normalized spacial score (nSPS) is 18.2. The van der Waals surface area contributed by atoms with Gasteiger partial charge in [0.2, 0.25) is 0 Å². The van der Waals surface area contributed by atoms with E-state index in [1.165, 1.54) is 11.3 Å². The quantitative estimate of drug-likeness (QED) is 0.860. The highest BCUT2D eigenvalue weighted by Crippen LogP contribution is 2.36. The zero-order valence-corrected chi connectivity index (χ0v) is 12.0. The Hall–Kier alpha value is -1.43. The summed E-state index contributed by atoms with van der Waals surface area (Å²) >= 11 is 1.42. The maximum Gasteiger partial charge on any atom is 0.313 e. The van der Waals surface area contributed by atoms with Gasteiger partial charge in [-0.05, 0) is 33.6 Å². The van der Waals surface area contributed by atoms with E-state index in [1.54, 1.807) is 0 Å². The smallest absolute Gasteiger partial charge is 0.313 e. The van der Waals surface area contributed by atoms with Gasteiger partial charge in [-0.3, -0.25) is 9.59 Å². The van der Waals surface area contributed by atoms with Crippen LogP contribution in [0.25, 0.3) is 0 Å². The van der Waals surface area contributed by atoms with Crippen molar-refractivity contribution in [1.29, 1.82) is 0 Å². The van der Waals surface area contributed by atoms with E-state index >= 15 is 0 Å². The second kappa shape index (κ2) is 4.92. The maximum atomic E-state index is 11.7. The molecule has 1 heterocycles. The van der Waals surface area contributed by atoms with Crippen LogP contribution in [0.2, 0.25) is 0 Å². The predicted molar refractivity (Wildman–Crippen MR) is 70.4 cm³/mol. The van der Waals surface area contributed by atoms with Crippen LogP contribution in [0.3, 0.4) is 0 Å². The Kier molecular flexibility index (Phi) is 3.62. The minimum absolute atomic E-state index is 0.112. The maximum absolute atomic E-state index is 11.7. The highest BCUT2D eigenvalue weighted by molar-refractivity contribution is 7.11. The Morgan fingerprint density at radius 3 is 2.74 bits per heavy atom. The van der Waals surface area contributed by atoms with Crippen LogP contribution in [0.1, 0.15) is 48.7 Å². The lowest BCUT2D eigenvalue weighted by atomic mass is 10.1. The van der Waals surface area contributed by atoms with Gasteiger partial charge in [0.05, 0.1) is 12.1 Å². The number of rotatable bonds is 3. The summed E-state index contributed by atoms with van der Waals surface area (Å²) in [5.41, 5.74) is 0.122. The molecule has 0 spiro atoms. The van der Waals surface area contributed by atoms with Crippen molar-refractivity contribution in [3.63, 3.8) is 0 Å². The highest BCUT2D eigenvalue weighted by atomic mass is 32.1. The van der Waals surface area contributed by atoms with E-state index in [2.05, 4.69) is 4.98 Å². The van der Waals surface area contributed by atoms with Crippen LogP contribution in [0.4, 0.5) is 0 Å². The summed E-state index contributed by atoms with van der Waals surface area (Å²) in [6.45, 7) is 5.44. The molecule has 0 aromatic carbocycles. The summed E-state index contributed by atoms with van der Waals surface area (Å²) in [5.74, 6) is -1.68. The molecule has 19 heavy (non-hydrogen) atoms. The summed E-state index contributed by atoms with van der Waals surface area (Å²) in [6.07, 6.45) is 1.45. The number of hydrogen-bond acceptors (Lipinski definition) is 5. The Bertz CT molecular complexity index is 515. The molecule has 0 radical (unpaired) electrons. The third kappa shape index (κ3) is 3.32. The number of esters is 1. The van der Waals surface area contributed by atoms with E-state index in [9.17, 15) is 9.59 Å². The lowest BCUT2D eigenvalue weighted by molar-refractivity contribution is -0.153. The number of fused-ring (bicyclic) bond motifs is 1. The summed E-state index contributed by atoms with van der Waals surface area (Å²) < 4.78 is 5.23. The molecule has 0 bridgehead atoms. The number of carbonyl (C=O) groups excluding carboxylic acids is 1. The lowest BCUT2D eigenvalue weighted by Gasteiger charge is -2.18. The van der Waals surface area contributed by atoms with Gasteiger partial charge in [0.15, 0.2) is 0 Å². The first kappa shape index (κ1) is 14.0. The second-order valence-corrected chi connectivity index (χ2v) is 6.78. The number of carboxylic acids is 1. The van der Waals surface area contributed by atoms with Gasteiger partial charge in [-0.25, -0.2) is 4.98 Å². The summed E-state index contributed by atoms with van der Waals surface area (Å²) in [4.78, 5) is 28.0. The van der Waals surface area contributed by atoms with Gasteiger partial charge in [-0.2, -0.15) is 0 Å². The molecule has 5 nitrogen and oxygen atoms in total. The molecule has 0 fully saturated rings. The van der Waals surface area contributed by atoms with Crippen molar-refractivity contribution in [1.82, 2.24) is 4.98 Å². The van der Waals surface area contributed by atoms with Gasteiger partial charge in [0.25, 0.3) is 0 Å². The predicted octanol–water partition coefficient (Wildman–Crippen LogP) is 2.14. The molecule has 0 aliphatic heterocycles. The van der Waals surface area contributed by atoms with Crippen molar-refractivity contribution in [2.75, 3.05) is 0 Å². The monoisotopic (exact) mass is 283 g/mol.